The number of hydrogen-bond acceptors (Lipinski definition) is 5. The van der Waals surface area contributed by atoms with Crippen LogP contribution in [-0.4, -0.2) is 68.9 Å². The van der Waals surface area contributed by atoms with Gasteiger partial charge in [0.05, 0.1) is 18.8 Å². The quantitative estimate of drug-likeness (QED) is 0.500. The van der Waals surface area contributed by atoms with E-state index in [1.807, 2.05) is 24.3 Å². The molecule has 8 nitrogen and oxygen atoms in total. The molecule has 2 fully saturated rings. The summed E-state index contributed by atoms with van der Waals surface area (Å²) in [6, 6.07) is 7.60. The van der Waals surface area contributed by atoms with Crippen molar-refractivity contribution < 1.29 is 19.0 Å². The van der Waals surface area contributed by atoms with Gasteiger partial charge in [0.15, 0.2) is 12.6 Å². The molecular weight excluding hydrogens is 372 g/mol. The van der Waals surface area contributed by atoms with Gasteiger partial charge in [0.1, 0.15) is 5.75 Å². The first-order valence-electron chi connectivity index (χ1n) is 10.3. The Bertz CT molecular complexity index is 683. The minimum Gasteiger partial charge on any atom is -0.484 e. The van der Waals surface area contributed by atoms with E-state index in [1.165, 1.54) is 0 Å². The van der Waals surface area contributed by atoms with E-state index in [4.69, 9.17) is 19.9 Å². The number of amides is 1. The minimum atomic E-state index is -0.489. The zero-order chi connectivity index (χ0) is 20.5. The molecule has 160 valence electrons. The summed E-state index contributed by atoms with van der Waals surface area (Å²) < 4.78 is 17.0. The van der Waals surface area contributed by atoms with Crippen molar-refractivity contribution in [3.63, 3.8) is 0 Å². The molecule has 1 atom stereocenters. The van der Waals surface area contributed by atoms with Crippen LogP contribution < -0.4 is 15.8 Å². The van der Waals surface area contributed by atoms with Crippen LogP contribution in [0.25, 0.3) is 0 Å². The predicted octanol–water partition coefficient (Wildman–Crippen LogP) is 1.29. The maximum atomic E-state index is 10.9. The Morgan fingerprint density at radius 1 is 1.34 bits per heavy atom. The fraction of sp³-hybridized carbons (Fsp3) is 0.619. The van der Waals surface area contributed by atoms with Crippen molar-refractivity contribution in [2.75, 3.05) is 40.0 Å². The molecule has 2 aliphatic rings. The van der Waals surface area contributed by atoms with Crippen molar-refractivity contribution in [3.8, 4) is 5.75 Å². The van der Waals surface area contributed by atoms with Crippen molar-refractivity contribution in [2.24, 2.45) is 10.7 Å². The standard InChI is InChI=1S/C21H32N4O4/c1-23-21(24-13-16-4-2-5-18(12-16)29-15-20(22)26)25-9-7-17(8-10-25)28-14-19-6-3-11-27-19/h2,4-5,12,17,19H,3,6-11,13-15H2,1H3,(H2,22,26)(H,23,24). The van der Waals surface area contributed by atoms with Gasteiger partial charge in [0.2, 0.25) is 0 Å². The summed E-state index contributed by atoms with van der Waals surface area (Å²) in [5.74, 6) is 1.02. The van der Waals surface area contributed by atoms with E-state index in [2.05, 4.69) is 15.2 Å². The Balaban J connectivity index is 1.41. The monoisotopic (exact) mass is 404 g/mol. The molecule has 0 radical (unpaired) electrons. The van der Waals surface area contributed by atoms with Crippen molar-refractivity contribution in [1.82, 2.24) is 10.2 Å². The Morgan fingerprint density at radius 2 is 2.17 bits per heavy atom. The molecule has 1 amide bonds. The lowest BCUT2D eigenvalue weighted by atomic mass is 10.1. The maximum absolute atomic E-state index is 10.9. The number of hydrogen-bond donors (Lipinski definition) is 2. The summed E-state index contributed by atoms with van der Waals surface area (Å²) in [6.07, 6.45) is 4.82. The average Bonchev–Trinajstić information content (AvgIpc) is 3.26. The van der Waals surface area contributed by atoms with Crippen LogP contribution in [0.5, 0.6) is 5.75 Å². The van der Waals surface area contributed by atoms with Crippen LogP contribution in [0.4, 0.5) is 0 Å². The van der Waals surface area contributed by atoms with E-state index in [0.717, 1.165) is 56.9 Å². The van der Waals surface area contributed by atoms with Crippen molar-refractivity contribution >= 4 is 11.9 Å². The number of carbonyl (C=O) groups excluding carboxylic acids is 1. The second kappa shape index (κ2) is 11.0. The van der Waals surface area contributed by atoms with Gasteiger partial charge in [-0.2, -0.15) is 0 Å². The van der Waals surface area contributed by atoms with E-state index in [0.29, 0.717) is 25.0 Å². The first-order chi connectivity index (χ1) is 14.1. The van der Waals surface area contributed by atoms with Crippen LogP contribution in [-0.2, 0) is 20.8 Å². The van der Waals surface area contributed by atoms with E-state index in [9.17, 15) is 4.79 Å². The lowest BCUT2D eigenvalue weighted by Gasteiger charge is -2.34. The molecule has 0 bridgehead atoms. The SMILES string of the molecule is CN=C(NCc1cccc(OCC(N)=O)c1)N1CCC(OCC2CCCO2)CC1. The summed E-state index contributed by atoms with van der Waals surface area (Å²) >= 11 is 0. The highest BCUT2D eigenvalue weighted by molar-refractivity contribution is 5.80. The number of nitrogens with zero attached hydrogens (tertiary/aromatic N) is 2. The van der Waals surface area contributed by atoms with Gasteiger partial charge in [-0.3, -0.25) is 9.79 Å². The fourth-order valence-corrected chi connectivity index (χ4v) is 3.67. The number of nitrogens with two attached hydrogens (primary N) is 1. The lowest BCUT2D eigenvalue weighted by Crippen LogP contribution is -2.47. The summed E-state index contributed by atoms with van der Waals surface area (Å²) in [4.78, 5) is 17.6. The number of rotatable bonds is 8. The van der Waals surface area contributed by atoms with E-state index in [1.54, 1.807) is 7.05 Å². The first-order valence-corrected chi connectivity index (χ1v) is 10.3. The third kappa shape index (κ3) is 6.90. The summed E-state index contributed by atoms with van der Waals surface area (Å²) in [7, 11) is 1.80. The second-order valence-electron chi connectivity index (χ2n) is 7.46. The van der Waals surface area contributed by atoms with E-state index >= 15 is 0 Å². The first kappa shape index (κ1) is 21.4. The molecule has 1 aromatic rings. The lowest BCUT2D eigenvalue weighted by molar-refractivity contribution is -0.119. The number of ether oxygens (including phenoxy) is 3. The van der Waals surface area contributed by atoms with Gasteiger partial charge in [0.25, 0.3) is 5.91 Å². The molecule has 2 heterocycles. The van der Waals surface area contributed by atoms with Gasteiger partial charge >= 0.3 is 0 Å². The van der Waals surface area contributed by atoms with E-state index in [-0.39, 0.29) is 12.7 Å². The number of benzene rings is 1. The number of piperidine rings is 1. The van der Waals surface area contributed by atoms with Crippen LogP contribution in [0.1, 0.15) is 31.2 Å². The molecule has 0 spiro atoms. The third-order valence-corrected chi connectivity index (χ3v) is 5.23. The molecule has 3 N–H and O–H groups in total. The zero-order valence-corrected chi connectivity index (χ0v) is 17.1. The van der Waals surface area contributed by atoms with Crippen LogP contribution in [0.3, 0.4) is 0 Å². The molecule has 8 heteroatoms. The van der Waals surface area contributed by atoms with Gasteiger partial charge in [-0.1, -0.05) is 12.1 Å². The minimum absolute atomic E-state index is 0.123. The highest BCUT2D eigenvalue weighted by Gasteiger charge is 2.24. The molecule has 1 unspecified atom stereocenters. The van der Waals surface area contributed by atoms with Crippen molar-refractivity contribution in [1.29, 1.82) is 0 Å². The number of nitrogens with one attached hydrogen (secondary N) is 1. The molecule has 0 aromatic heterocycles. The molecule has 1 aromatic carbocycles. The normalized spacial score (nSPS) is 20.7. The molecule has 2 aliphatic heterocycles. The smallest absolute Gasteiger partial charge is 0.255 e. The van der Waals surface area contributed by atoms with Gasteiger partial charge in [-0.25, -0.2) is 0 Å². The maximum Gasteiger partial charge on any atom is 0.255 e. The number of guanidine groups is 1. The van der Waals surface area contributed by atoms with E-state index < -0.39 is 5.91 Å². The number of likely N-dealkylation sites (tertiary alicyclic amines) is 1. The highest BCUT2D eigenvalue weighted by atomic mass is 16.5. The molecule has 0 saturated carbocycles. The Labute approximate surface area is 172 Å². The highest BCUT2D eigenvalue weighted by Crippen LogP contribution is 2.18. The number of primary amides is 1. The molecule has 0 aliphatic carbocycles. The topological polar surface area (TPSA) is 98.4 Å². The summed E-state index contributed by atoms with van der Waals surface area (Å²) in [6.45, 7) is 3.91. The zero-order valence-electron chi connectivity index (χ0n) is 17.1. The van der Waals surface area contributed by atoms with Gasteiger partial charge in [-0.15, -0.1) is 0 Å². The molecule has 29 heavy (non-hydrogen) atoms. The Morgan fingerprint density at radius 3 is 2.86 bits per heavy atom. The predicted molar refractivity (Wildman–Crippen MR) is 111 cm³/mol. The Kier molecular flexibility index (Phi) is 8.13. The van der Waals surface area contributed by atoms with Crippen LogP contribution >= 0.6 is 0 Å². The van der Waals surface area contributed by atoms with Crippen molar-refractivity contribution in [3.05, 3.63) is 29.8 Å². The molecule has 2 saturated heterocycles. The summed E-state index contributed by atoms with van der Waals surface area (Å²) in [5, 5.41) is 3.41. The van der Waals surface area contributed by atoms with Crippen LogP contribution in [0.2, 0.25) is 0 Å². The van der Waals surface area contributed by atoms with Gasteiger partial charge < -0.3 is 30.2 Å². The largest absolute Gasteiger partial charge is 0.484 e. The summed E-state index contributed by atoms with van der Waals surface area (Å²) in [5.41, 5.74) is 6.17. The fourth-order valence-electron chi connectivity index (χ4n) is 3.67. The van der Waals surface area contributed by atoms with Gasteiger partial charge in [-0.05, 0) is 43.4 Å². The number of aliphatic imine (C=N–C) groups is 1. The van der Waals surface area contributed by atoms with Crippen LogP contribution in [0, 0.1) is 0 Å². The Hall–Kier alpha value is -2.32. The second-order valence-corrected chi connectivity index (χ2v) is 7.46. The molecular formula is C21H32N4O4. The van der Waals surface area contributed by atoms with Crippen molar-refractivity contribution in [2.45, 2.75) is 44.4 Å². The molecule has 3 rings (SSSR count). The van der Waals surface area contributed by atoms with Crippen LogP contribution in [0.15, 0.2) is 29.3 Å². The van der Waals surface area contributed by atoms with Gasteiger partial charge in [0, 0.05) is 33.3 Å². The third-order valence-electron chi connectivity index (χ3n) is 5.23. The number of carbonyl (C=O) groups is 1. The average molecular weight is 405 g/mol.